The molecule has 3 heterocycles. The van der Waals surface area contributed by atoms with Crippen LogP contribution in [-0.2, 0) is 16.0 Å². The maximum Gasteiger partial charge on any atom is 0.337 e. The molecule has 1 fully saturated rings. The second kappa shape index (κ2) is 7.17. The van der Waals surface area contributed by atoms with Gasteiger partial charge in [-0.15, -0.1) is 0 Å². The number of methoxy groups -OCH3 is 1. The van der Waals surface area contributed by atoms with Crippen molar-refractivity contribution >= 4 is 22.7 Å². The third-order valence-electron chi connectivity index (χ3n) is 4.69. The number of pyridine rings is 1. The SMILES string of the molecule is COC(=O)c1ccc(Cn2ccc3cc(N4CCOCC4)cnc32)cc1. The first-order valence-electron chi connectivity index (χ1n) is 8.69. The Bertz CT molecular complexity index is 912. The lowest BCUT2D eigenvalue weighted by molar-refractivity contribution is 0.0600. The number of hydrogen-bond donors (Lipinski definition) is 0. The summed E-state index contributed by atoms with van der Waals surface area (Å²) in [4.78, 5) is 18.5. The number of nitrogens with zero attached hydrogens (tertiary/aromatic N) is 3. The maximum atomic E-state index is 11.5. The van der Waals surface area contributed by atoms with E-state index in [9.17, 15) is 4.79 Å². The van der Waals surface area contributed by atoms with E-state index in [4.69, 9.17) is 9.47 Å². The highest BCUT2D eigenvalue weighted by Gasteiger charge is 2.13. The molecule has 6 nitrogen and oxygen atoms in total. The quantitative estimate of drug-likeness (QED) is 0.677. The molecule has 0 saturated carbocycles. The molecule has 3 aromatic rings. The molecule has 0 N–H and O–H groups in total. The van der Waals surface area contributed by atoms with E-state index >= 15 is 0 Å². The van der Waals surface area contributed by atoms with Crippen LogP contribution in [0.1, 0.15) is 15.9 Å². The van der Waals surface area contributed by atoms with Crippen LogP contribution in [-0.4, -0.2) is 48.9 Å². The van der Waals surface area contributed by atoms with Gasteiger partial charge in [-0.25, -0.2) is 9.78 Å². The number of aromatic nitrogens is 2. The minimum Gasteiger partial charge on any atom is -0.465 e. The number of esters is 1. The standard InChI is InChI=1S/C20H21N3O3/c1-25-20(24)16-4-2-15(3-5-16)14-23-7-6-17-12-18(13-21-19(17)23)22-8-10-26-11-9-22/h2-7,12-13H,8-11,14H2,1H3. The summed E-state index contributed by atoms with van der Waals surface area (Å²) in [6.07, 6.45) is 3.99. The summed E-state index contributed by atoms with van der Waals surface area (Å²) in [5.41, 5.74) is 3.76. The van der Waals surface area contributed by atoms with Crippen molar-refractivity contribution in [2.75, 3.05) is 38.3 Å². The molecule has 1 saturated heterocycles. The van der Waals surface area contributed by atoms with Gasteiger partial charge in [0.1, 0.15) is 5.65 Å². The number of morpholine rings is 1. The Morgan fingerprint density at radius 2 is 1.96 bits per heavy atom. The van der Waals surface area contributed by atoms with Gasteiger partial charge in [-0.2, -0.15) is 0 Å². The molecule has 0 radical (unpaired) electrons. The predicted octanol–water partition coefficient (Wildman–Crippen LogP) is 2.71. The van der Waals surface area contributed by atoms with Gasteiger partial charge in [0.05, 0.1) is 37.8 Å². The summed E-state index contributed by atoms with van der Waals surface area (Å²) < 4.78 is 12.3. The van der Waals surface area contributed by atoms with Crippen LogP contribution < -0.4 is 4.90 Å². The molecule has 0 atom stereocenters. The summed E-state index contributed by atoms with van der Waals surface area (Å²) in [6, 6.07) is 11.7. The third kappa shape index (κ3) is 3.28. The molecule has 0 bridgehead atoms. The average Bonchev–Trinajstić information content (AvgIpc) is 3.10. The number of carbonyl (C=O) groups excluding carboxylic acids is 1. The first kappa shape index (κ1) is 16.6. The Balaban J connectivity index is 1.54. The lowest BCUT2D eigenvalue weighted by atomic mass is 10.1. The Hall–Kier alpha value is -2.86. The van der Waals surface area contributed by atoms with Gasteiger partial charge in [-0.3, -0.25) is 0 Å². The van der Waals surface area contributed by atoms with Crippen LogP contribution in [0.2, 0.25) is 0 Å². The number of rotatable bonds is 4. The molecule has 134 valence electrons. The van der Waals surface area contributed by atoms with E-state index < -0.39 is 0 Å². The fourth-order valence-electron chi connectivity index (χ4n) is 3.25. The van der Waals surface area contributed by atoms with E-state index in [1.54, 1.807) is 12.1 Å². The van der Waals surface area contributed by atoms with E-state index in [2.05, 4.69) is 32.8 Å². The second-order valence-corrected chi connectivity index (χ2v) is 6.34. The second-order valence-electron chi connectivity index (χ2n) is 6.34. The lowest BCUT2D eigenvalue weighted by Gasteiger charge is -2.28. The molecular weight excluding hydrogens is 330 g/mol. The zero-order chi connectivity index (χ0) is 17.9. The zero-order valence-electron chi connectivity index (χ0n) is 14.7. The number of hydrogen-bond acceptors (Lipinski definition) is 5. The highest BCUT2D eigenvalue weighted by atomic mass is 16.5. The van der Waals surface area contributed by atoms with E-state index in [0.717, 1.165) is 48.6 Å². The van der Waals surface area contributed by atoms with Gasteiger partial charge >= 0.3 is 5.97 Å². The van der Waals surface area contributed by atoms with Gasteiger partial charge in [0.2, 0.25) is 0 Å². The van der Waals surface area contributed by atoms with Crippen LogP contribution in [0.5, 0.6) is 0 Å². The first-order chi connectivity index (χ1) is 12.7. The van der Waals surface area contributed by atoms with E-state index in [0.29, 0.717) is 12.1 Å². The summed E-state index contributed by atoms with van der Waals surface area (Å²) >= 11 is 0. The molecular formula is C20H21N3O3. The van der Waals surface area contributed by atoms with E-state index in [-0.39, 0.29) is 5.97 Å². The molecule has 26 heavy (non-hydrogen) atoms. The Labute approximate surface area is 152 Å². The molecule has 1 aromatic carbocycles. The average molecular weight is 351 g/mol. The molecule has 6 heteroatoms. The Kier molecular flexibility index (Phi) is 4.58. The van der Waals surface area contributed by atoms with Crippen LogP contribution in [0.25, 0.3) is 11.0 Å². The maximum absolute atomic E-state index is 11.5. The lowest BCUT2D eigenvalue weighted by Crippen LogP contribution is -2.36. The fourth-order valence-corrected chi connectivity index (χ4v) is 3.25. The predicted molar refractivity (Wildman–Crippen MR) is 99.6 cm³/mol. The Morgan fingerprint density at radius 3 is 2.69 bits per heavy atom. The van der Waals surface area contributed by atoms with Gasteiger partial charge in [0.15, 0.2) is 0 Å². The molecule has 4 rings (SSSR count). The van der Waals surface area contributed by atoms with Crippen molar-refractivity contribution in [1.82, 2.24) is 9.55 Å². The third-order valence-corrected chi connectivity index (χ3v) is 4.69. The topological polar surface area (TPSA) is 56.6 Å². The summed E-state index contributed by atoms with van der Waals surface area (Å²) in [5, 5.41) is 1.13. The molecule has 0 unspecified atom stereocenters. The number of anilines is 1. The fraction of sp³-hybridized carbons (Fsp3) is 0.300. The summed E-state index contributed by atoms with van der Waals surface area (Å²) in [6.45, 7) is 4.04. The first-order valence-corrected chi connectivity index (χ1v) is 8.69. The van der Waals surface area contributed by atoms with Crippen molar-refractivity contribution in [2.45, 2.75) is 6.54 Å². The van der Waals surface area contributed by atoms with Crippen molar-refractivity contribution in [2.24, 2.45) is 0 Å². The van der Waals surface area contributed by atoms with Crippen molar-refractivity contribution in [3.63, 3.8) is 0 Å². The number of ether oxygens (including phenoxy) is 2. The van der Waals surface area contributed by atoms with Crippen LogP contribution in [0.4, 0.5) is 5.69 Å². The largest absolute Gasteiger partial charge is 0.465 e. The van der Waals surface area contributed by atoms with Gasteiger partial charge < -0.3 is 18.9 Å². The van der Waals surface area contributed by atoms with Crippen molar-refractivity contribution in [3.05, 3.63) is 59.9 Å². The number of carbonyl (C=O) groups is 1. The van der Waals surface area contributed by atoms with Crippen LogP contribution in [0, 0.1) is 0 Å². The molecule has 1 aliphatic heterocycles. The molecule has 0 spiro atoms. The zero-order valence-corrected chi connectivity index (χ0v) is 14.7. The van der Waals surface area contributed by atoms with E-state index in [1.165, 1.54) is 7.11 Å². The van der Waals surface area contributed by atoms with Crippen LogP contribution in [0.3, 0.4) is 0 Å². The van der Waals surface area contributed by atoms with Crippen LogP contribution in [0.15, 0.2) is 48.8 Å². The highest BCUT2D eigenvalue weighted by Crippen LogP contribution is 2.22. The van der Waals surface area contributed by atoms with Crippen LogP contribution >= 0.6 is 0 Å². The molecule has 0 aliphatic carbocycles. The van der Waals surface area contributed by atoms with Crippen molar-refractivity contribution < 1.29 is 14.3 Å². The number of benzene rings is 1. The van der Waals surface area contributed by atoms with Crippen molar-refractivity contribution in [1.29, 1.82) is 0 Å². The van der Waals surface area contributed by atoms with Crippen molar-refractivity contribution in [3.8, 4) is 0 Å². The van der Waals surface area contributed by atoms with Gasteiger partial charge in [0.25, 0.3) is 0 Å². The summed E-state index contributed by atoms with van der Waals surface area (Å²) in [7, 11) is 1.39. The molecule has 1 aliphatic rings. The van der Waals surface area contributed by atoms with Gasteiger partial charge in [-0.1, -0.05) is 12.1 Å². The molecule has 0 amide bonds. The normalized spacial score (nSPS) is 14.6. The minimum atomic E-state index is -0.319. The number of fused-ring (bicyclic) bond motifs is 1. The highest BCUT2D eigenvalue weighted by molar-refractivity contribution is 5.89. The smallest absolute Gasteiger partial charge is 0.337 e. The minimum absolute atomic E-state index is 0.319. The van der Waals surface area contributed by atoms with E-state index in [1.807, 2.05) is 18.3 Å². The molecule has 2 aromatic heterocycles. The van der Waals surface area contributed by atoms with Gasteiger partial charge in [-0.05, 0) is 29.8 Å². The Morgan fingerprint density at radius 1 is 1.19 bits per heavy atom. The monoisotopic (exact) mass is 351 g/mol. The van der Waals surface area contributed by atoms with Gasteiger partial charge in [0, 0.05) is 31.2 Å². The summed E-state index contributed by atoms with van der Waals surface area (Å²) in [5.74, 6) is -0.319.